The van der Waals surface area contributed by atoms with Crippen LogP contribution >= 0.6 is 11.6 Å². The lowest BCUT2D eigenvalue weighted by atomic mass is 9.96. The van der Waals surface area contributed by atoms with Crippen LogP contribution in [0.3, 0.4) is 0 Å². The molecule has 0 aliphatic carbocycles. The van der Waals surface area contributed by atoms with Gasteiger partial charge in [0.2, 0.25) is 0 Å². The number of carbonyl (C=O) groups is 2. The van der Waals surface area contributed by atoms with Gasteiger partial charge in [0.05, 0.1) is 24.4 Å². The Balaban J connectivity index is 1.52. The summed E-state index contributed by atoms with van der Waals surface area (Å²) in [5, 5.41) is 16.0. The third-order valence-electron chi connectivity index (χ3n) is 5.67. The van der Waals surface area contributed by atoms with Crippen LogP contribution in [0.5, 0.6) is 0 Å². The minimum atomic E-state index is -0.945. The summed E-state index contributed by atoms with van der Waals surface area (Å²) in [7, 11) is 0. The van der Waals surface area contributed by atoms with Crippen molar-refractivity contribution < 1.29 is 23.5 Å². The Morgan fingerprint density at radius 2 is 1.84 bits per heavy atom. The molecule has 32 heavy (non-hydrogen) atoms. The molecule has 0 spiro atoms. The predicted octanol–water partition coefficient (Wildman–Crippen LogP) is 4.54. The molecule has 0 unspecified atom stereocenters. The molecule has 3 amide bonds. The molecule has 9 heteroatoms. The van der Waals surface area contributed by atoms with E-state index in [0.717, 1.165) is 0 Å². The number of fused-ring (bicyclic) bond motifs is 2. The van der Waals surface area contributed by atoms with Crippen molar-refractivity contribution in [2.75, 3.05) is 16.8 Å². The fourth-order valence-electron chi connectivity index (χ4n) is 4.21. The van der Waals surface area contributed by atoms with Crippen molar-refractivity contribution in [3.8, 4) is 0 Å². The molecule has 0 saturated heterocycles. The number of hydrogen-bond acceptors (Lipinski definition) is 3. The van der Waals surface area contributed by atoms with Crippen LogP contribution in [0.4, 0.5) is 25.0 Å². The smallest absolute Gasteiger partial charge is 0.326 e. The van der Waals surface area contributed by atoms with E-state index in [4.69, 9.17) is 11.6 Å². The van der Waals surface area contributed by atoms with Crippen LogP contribution < -0.4 is 15.5 Å². The molecule has 162 valence electrons. The summed E-state index contributed by atoms with van der Waals surface area (Å²) in [6.07, 6.45) is -0.945. The van der Waals surface area contributed by atoms with E-state index in [0.29, 0.717) is 27.9 Å². The number of nitrogens with one attached hydrogen (secondary N) is 2. The fraction of sp³-hybridized carbons (Fsp3) is 0.130. The molecule has 0 fully saturated rings. The van der Waals surface area contributed by atoms with Crippen molar-refractivity contribution in [2.45, 2.75) is 12.1 Å². The number of anilines is 2. The zero-order valence-corrected chi connectivity index (χ0v) is 17.2. The number of carbonyl (C=O) groups excluding carboxylic acids is 2. The second-order valence-corrected chi connectivity index (χ2v) is 8.01. The van der Waals surface area contributed by atoms with Crippen LogP contribution in [0.15, 0.2) is 54.6 Å². The molecule has 0 aromatic heterocycles. The van der Waals surface area contributed by atoms with E-state index in [1.165, 1.54) is 41.3 Å². The minimum Gasteiger partial charge on any atom is -0.386 e. The molecule has 3 aromatic carbocycles. The van der Waals surface area contributed by atoms with Gasteiger partial charge in [-0.1, -0.05) is 23.7 Å². The molecule has 5 rings (SSSR count). The standard InChI is InChI=1S/C23H16ClF2N3O3/c24-16-7-5-11(25)8-15(16)21-20-14(22(31)28-21)2-1-3-17(20)27-23(32)29-10-19(30)13-6-4-12(26)9-18(13)29/h1-9,19,21,30H,10H2,(H,27,32)(H,28,31)/t19-,21-/m0/s1. The van der Waals surface area contributed by atoms with Gasteiger partial charge in [-0.25, -0.2) is 13.6 Å². The first-order valence-corrected chi connectivity index (χ1v) is 10.2. The van der Waals surface area contributed by atoms with Crippen LogP contribution in [0.2, 0.25) is 5.02 Å². The summed E-state index contributed by atoms with van der Waals surface area (Å²) in [5.41, 5.74) is 2.14. The monoisotopic (exact) mass is 455 g/mol. The zero-order chi connectivity index (χ0) is 22.6. The molecular formula is C23H16ClF2N3O3. The van der Waals surface area contributed by atoms with Crippen molar-refractivity contribution in [1.29, 1.82) is 0 Å². The number of aliphatic hydroxyl groups is 1. The van der Waals surface area contributed by atoms with E-state index in [1.807, 2.05) is 0 Å². The highest BCUT2D eigenvalue weighted by molar-refractivity contribution is 6.31. The summed E-state index contributed by atoms with van der Waals surface area (Å²) >= 11 is 6.26. The Labute approximate surface area is 186 Å². The SMILES string of the molecule is O=C1N[C@@H](c2cc(F)ccc2Cl)c2c(NC(=O)N3C[C@H](O)c4ccc(F)cc43)cccc21. The average molecular weight is 456 g/mol. The second kappa shape index (κ2) is 7.58. The summed E-state index contributed by atoms with van der Waals surface area (Å²) in [5.74, 6) is -1.43. The van der Waals surface area contributed by atoms with E-state index < -0.39 is 29.8 Å². The topological polar surface area (TPSA) is 81.7 Å². The Bertz CT molecular complexity index is 1280. The highest BCUT2D eigenvalue weighted by Gasteiger charge is 2.36. The van der Waals surface area contributed by atoms with Gasteiger partial charge in [0, 0.05) is 33.0 Å². The molecule has 6 nitrogen and oxygen atoms in total. The Morgan fingerprint density at radius 1 is 1.09 bits per heavy atom. The number of β-amino-alcohol motifs (C(OH)–C–C–N with tert-alkyl or cyclic N) is 1. The van der Waals surface area contributed by atoms with E-state index in [2.05, 4.69) is 10.6 Å². The van der Waals surface area contributed by atoms with Crippen LogP contribution in [0.25, 0.3) is 0 Å². The predicted molar refractivity (Wildman–Crippen MR) is 115 cm³/mol. The van der Waals surface area contributed by atoms with Gasteiger partial charge in [-0.3, -0.25) is 9.69 Å². The maximum Gasteiger partial charge on any atom is 0.326 e. The lowest BCUT2D eigenvalue weighted by Crippen LogP contribution is -2.34. The first kappa shape index (κ1) is 20.4. The van der Waals surface area contributed by atoms with Crippen LogP contribution in [-0.2, 0) is 0 Å². The largest absolute Gasteiger partial charge is 0.386 e. The molecule has 3 N–H and O–H groups in total. The minimum absolute atomic E-state index is 0.0457. The van der Waals surface area contributed by atoms with Crippen molar-refractivity contribution in [3.05, 3.63) is 93.5 Å². The Hall–Kier alpha value is -3.49. The molecule has 2 atom stereocenters. The maximum absolute atomic E-state index is 13.9. The van der Waals surface area contributed by atoms with E-state index >= 15 is 0 Å². The summed E-state index contributed by atoms with van der Waals surface area (Å²) < 4.78 is 27.7. The van der Waals surface area contributed by atoms with Gasteiger partial charge in [-0.05, 0) is 42.5 Å². The molecule has 2 aliphatic rings. The van der Waals surface area contributed by atoms with Gasteiger partial charge in [-0.15, -0.1) is 0 Å². The number of urea groups is 1. The number of nitrogens with zero attached hydrogens (tertiary/aromatic N) is 1. The zero-order valence-electron chi connectivity index (χ0n) is 16.4. The van der Waals surface area contributed by atoms with Crippen LogP contribution in [0, 0.1) is 11.6 Å². The number of rotatable bonds is 2. The average Bonchev–Trinajstić information content (AvgIpc) is 3.27. The lowest BCUT2D eigenvalue weighted by Gasteiger charge is -2.21. The summed E-state index contributed by atoms with van der Waals surface area (Å²) in [6, 6.07) is 11.1. The molecule has 0 saturated carbocycles. The molecule has 0 radical (unpaired) electrons. The molecular weight excluding hydrogens is 440 g/mol. The van der Waals surface area contributed by atoms with Gasteiger partial charge in [0.25, 0.3) is 5.91 Å². The van der Waals surface area contributed by atoms with Crippen molar-refractivity contribution in [3.63, 3.8) is 0 Å². The second-order valence-electron chi connectivity index (χ2n) is 7.60. The van der Waals surface area contributed by atoms with Gasteiger partial charge in [-0.2, -0.15) is 0 Å². The number of amides is 3. The number of hydrogen-bond donors (Lipinski definition) is 3. The highest BCUT2D eigenvalue weighted by atomic mass is 35.5. The quantitative estimate of drug-likeness (QED) is 0.530. The maximum atomic E-state index is 13.9. The first-order valence-electron chi connectivity index (χ1n) is 9.78. The normalized spacial score (nSPS) is 18.9. The lowest BCUT2D eigenvalue weighted by molar-refractivity contribution is 0.0960. The van der Waals surface area contributed by atoms with Crippen molar-refractivity contribution in [1.82, 2.24) is 5.32 Å². The Kier molecular flexibility index (Phi) is 4.83. The fourth-order valence-corrected chi connectivity index (χ4v) is 4.44. The van der Waals surface area contributed by atoms with Gasteiger partial charge >= 0.3 is 6.03 Å². The molecule has 3 aromatic rings. The molecule has 2 aliphatic heterocycles. The third-order valence-corrected chi connectivity index (χ3v) is 6.01. The number of halogens is 3. The van der Waals surface area contributed by atoms with Crippen LogP contribution in [0.1, 0.15) is 39.2 Å². The summed E-state index contributed by atoms with van der Waals surface area (Å²) in [6.45, 7) is -0.0457. The van der Waals surface area contributed by atoms with Crippen molar-refractivity contribution in [2.24, 2.45) is 0 Å². The van der Waals surface area contributed by atoms with Gasteiger partial charge < -0.3 is 15.7 Å². The Morgan fingerprint density at radius 3 is 2.66 bits per heavy atom. The number of aliphatic hydroxyl groups excluding tert-OH is 1. The van der Waals surface area contributed by atoms with Gasteiger partial charge in [0.1, 0.15) is 11.6 Å². The highest BCUT2D eigenvalue weighted by Crippen LogP contribution is 2.40. The van der Waals surface area contributed by atoms with E-state index in [-0.39, 0.29) is 23.2 Å². The third kappa shape index (κ3) is 3.28. The molecule has 2 heterocycles. The van der Waals surface area contributed by atoms with Crippen molar-refractivity contribution >= 4 is 34.9 Å². The van der Waals surface area contributed by atoms with E-state index in [1.54, 1.807) is 18.2 Å². The van der Waals surface area contributed by atoms with E-state index in [9.17, 15) is 23.5 Å². The number of benzene rings is 3. The molecule has 0 bridgehead atoms. The summed E-state index contributed by atoms with van der Waals surface area (Å²) in [4.78, 5) is 26.8. The van der Waals surface area contributed by atoms with Crippen LogP contribution in [-0.4, -0.2) is 23.6 Å². The van der Waals surface area contributed by atoms with Gasteiger partial charge in [0.15, 0.2) is 0 Å². The first-order chi connectivity index (χ1) is 15.3.